The van der Waals surface area contributed by atoms with Gasteiger partial charge in [-0.1, -0.05) is 20.3 Å². The van der Waals surface area contributed by atoms with E-state index in [0.29, 0.717) is 23.9 Å². The number of aryl methyl sites for hydroxylation is 1. The summed E-state index contributed by atoms with van der Waals surface area (Å²) in [6.07, 6.45) is 2.70. The Hall–Kier alpha value is -0.850. The van der Waals surface area contributed by atoms with Gasteiger partial charge in [0.05, 0.1) is 0 Å². The molecule has 1 unspecified atom stereocenters. The number of aromatic nitrogens is 1. The molecule has 0 saturated carbocycles. The molecule has 0 aliphatic heterocycles. The number of hydrogen-bond donors (Lipinski definition) is 1. The van der Waals surface area contributed by atoms with Gasteiger partial charge in [0.2, 0.25) is 10.0 Å². The lowest BCUT2D eigenvalue weighted by Gasteiger charge is -2.19. The van der Waals surface area contributed by atoms with Crippen LogP contribution < -0.4 is 5.32 Å². The van der Waals surface area contributed by atoms with E-state index in [4.69, 9.17) is 0 Å². The third kappa shape index (κ3) is 3.84. The Morgan fingerprint density at radius 2 is 2.05 bits per heavy atom. The second-order valence-electron chi connectivity index (χ2n) is 5.28. The number of nitrogens with zero attached hydrogens (tertiary/aromatic N) is 2. The van der Waals surface area contributed by atoms with Crippen LogP contribution in [-0.4, -0.2) is 37.9 Å². The molecule has 0 aliphatic rings. The Kier molecular flexibility index (Phi) is 6.23. The Bertz CT molecular complexity index is 523. The predicted molar refractivity (Wildman–Crippen MR) is 82.1 cm³/mol. The quantitative estimate of drug-likeness (QED) is 0.798. The summed E-state index contributed by atoms with van der Waals surface area (Å²) < 4.78 is 28.6. The van der Waals surface area contributed by atoms with E-state index >= 15 is 0 Å². The van der Waals surface area contributed by atoms with E-state index in [1.165, 1.54) is 4.31 Å². The molecular weight excluding hydrogens is 274 g/mol. The van der Waals surface area contributed by atoms with Crippen LogP contribution in [0.15, 0.2) is 17.2 Å². The molecule has 5 nitrogen and oxygen atoms in total. The van der Waals surface area contributed by atoms with Crippen molar-refractivity contribution in [2.75, 3.05) is 20.6 Å². The second kappa shape index (κ2) is 7.24. The van der Waals surface area contributed by atoms with Crippen LogP contribution in [0, 0.1) is 5.92 Å². The van der Waals surface area contributed by atoms with Crippen LogP contribution in [0.25, 0.3) is 0 Å². The smallest absolute Gasteiger partial charge is 0.244 e. The standard InChI is InChI=1S/C14H27N3O2S/c1-6-12(3)10-16(5)20(18,19)14-8-13(9-15-4)17(7-2)11-14/h8,11-12,15H,6-7,9-10H2,1-5H3. The number of nitrogens with one attached hydrogen (secondary N) is 1. The Morgan fingerprint density at radius 3 is 2.55 bits per heavy atom. The summed E-state index contributed by atoms with van der Waals surface area (Å²) in [5.41, 5.74) is 0.991. The van der Waals surface area contributed by atoms with E-state index < -0.39 is 10.0 Å². The first kappa shape index (κ1) is 17.2. The SMILES string of the molecule is CCC(C)CN(C)S(=O)(=O)c1cc(CNC)n(CC)c1. The largest absolute Gasteiger partial charge is 0.349 e. The molecule has 20 heavy (non-hydrogen) atoms. The normalized spacial score (nSPS) is 13.9. The highest BCUT2D eigenvalue weighted by Crippen LogP contribution is 2.19. The zero-order chi connectivity index (χ0) is 15.3. The zero-order valence-corrected chi connectivity index (χ0v) is 14.0. The molecule has 1 aromatic heterocycles. The van der Waals surface area contributed by atoms with Gasteiger partial charge in [-0.15, -0.1) is 0 Å². The topological polar surface area (TPSA) is 54.3 Å². The summed E-state index contributed by atoms with van der Waals surface area (Å²) in [5, 5.41) is 3.06. The molecule has 6 heteroatoms. The van der Waals surface area contributed by atoms with Crippen molar-refractivity contribution in [2.24, 2.45) is 5.92 Å². The minimum atomic E-state index is -3.39. The third-order valence-corrected chi connectivity index (χ3v) is 5.42. The fraction of sp³-hybridized carbons (Fsp3) is 0.714. The zero-order valence-electron chi connectivity index (χ0n) is 13.2. The maximum absolute atomic E-state index is 12.6. The van der Waals surface area contributed by atoms with E-state index in [1.807, 2.05) is 18.5 Å². The van der Waals surface area contributed by atoms with Crippen LogP contribution in [0.5, 0.6) is 0 Å². The van der Waals surface area contributed by atoms with Crippen molar-refractivity contribution in [3.05, 3.63) is 18.0 Å². The summed E-state index contributed by atoms with van der Waals surface area (Å²) in [7, 11) is 0.123. The molecule has 0 aromatic carbocycles. The van der Waals surface area contributed by atoms with Crippen LogP contribution in [0.1, 0.15) is 32.9 Å². The van der Waals surface area contributed by atoms with Gasteiger partial charge in [-0.3, -0.25) is 0 Å². The van der Waals surface area contributed by atoms with Crippen LogP contribution >= 0.6 is 0 Å². The molecule has 1 heterocycles. The summed E-state index contributed by atoms with van der Waals surface area (Å²) in [6.45, 7) is 8.13. The molecule has 0 amide bonds. The molecule has 0 bridgehead atoms. The van der Waals surface area contributed by atoms with Crippen LogP contribution in [0.3, 0.4) is 0 Å². The number of hydrogen-bond acceptors (Lipinski definition) is 3. The van der Waals surface area contributed by atoms with Crippen LogP contribution in [0.2, 0.25) is 0 Å². The Labute approximate surface area is 123 Å². The first-order valence-electron chi connectivity index (χ1n) is 7.16. The molecule has 1 rings (SSSR count). The van der Waals surface area contributed by atoms with Gasteiger partial charge in [0, 0.05) is 38.6 Å². The first-order valence-corrected chi connectivity index (χ1v) is 8.60. The van der Waals surface area contributed by atoms with Gasteiger partial charge in [-0.25, -0.2) is 12.7 Å². The fourth-order valence-electron chi connectivity index (χ4n) is 2.14. The molecular formula is C14H27N3O2S. The highest BCUT2D eigenvalue weighted by atomic mass is 32.2. The van der Waals surface area contributed by atoms with Crippen molar-refractivity contribution < 1.29 is 8.42 Å². The molecule has 1 aromatic rings. The van der Waals surface area contributed by atoms with Crippen molar-refractivity contribution in [1.82, 2.24) is 14.2 Å². The van der Waals surface area contributed by atoms with E-state index in [9.17, 15) is 8.42 Å². The molecule has 1 N–H and O–H groups in total. The van der Waals surface area contributed by atoms with Gasteiger partial charge in [-0.05, 0) is 26.0 Å². The molecule has 0 aliphatic carbocycles. The van der Waals surface area contributed by atoms with Crippen molar-refractivity contribution >= 4 is 10.0 Å². The Morgan fingerprint density at radius 1 is 1.40 bits per heavy atom. The molecule has 0 fully saturated rings. The van der Waals surface area contributed by atoms with Crippen molar-refractivity contribution in [3.63, 3.8) is 0 Å². The highest BCUT2D eigenvalue weighted by Gasteiger charge is 2.24. The van der Waals surface area contributed by atoms with E-state index in [2.05, 4.69) is 19.2 Å². The minimum absolute atomic E-state index is 0.361. The van der Waals surface area contributed by atoms with Crippen LogP contribution in [-0.2, 0) is 23.1 Å². The van der Waals surface area contributed by atoms with E-state index in [1.54, 1.807) is 19.3 Å². The van der Waals surface area contributed by atoms with Gasteiger partial charge in [-0.2, -0.15) is 0 Å². The van der Waals surface area contributed by atoms with Crippen molar-refractivity contribution in [1.29, 1.82) is 0 Å². The third-order valence-electron chi connectivity index (χ3n) is 3.63. The average Bonchev–Trinajstić information content (AvgIpc) is 2.82. The first-order chi connectivity index (χ1) is 9.36. The maximum atomic E-state index is 12.6. The fourth-order valence-corrected chi connectivity index (χ4v) is 3.49. The molecule has 1 atom stereocenters. The maximum Gasteiger partial charge on any atom is 0.244 e. The summed E-state index contributed by atoms with van der Waals surface area (Å²) in [6, 6.07) is 1.77. The lowest BCUT2D eigenvalue weighted by Crippen LogP contribution is -2.30. The molecule has 0 spiro atoms. The summed E-state index contributed by atoms with van der Waals surface area (Å²) in [4.78, 5) is 0.385. The summed E-state index contributed by atoms with van der Waals surface area (Å²) >= 11 is 0. The van der Waals surface area contributed by atoms with Gasteiger partial charge in [0.1, 0.15) is 4.90 Å². The summed E-state index contributed by atoms with van der Waals surface area (Å²) in [5.74, 6) is 0.361. The molecule has 0 radical (unpaired) electrons. The lowest BCUT2D eigenvalue weighted by molar-refractivity contribution is 0.393. The van der Waals surface area contributed by atoms with Crippen molar-refractivity contribution in [3.8, 4) is 0 Å². The molecule has 0 saturated heterocycles. The number of rotatable bonds is 8. The predicted octanol–water partition coefficient (Wildman–Crippen LogP) is 1.89. The second-order valence-corrected chi connectivity index (χ2v) is 7.33. The lowest BCUT2D eigenvalue weighted by atomic mass is 10.1. The van der Waals surface area contributed by atoms with Gasteiger partial charge in [0.15, 0.2) is 0 Å². The van der Waals surface area contributed by atoms with Gasteiger partial charge in [0.25, 0.3) is 0 Å². The minimum Gasteiger partial charge on any atom is -0.349 e. The van der Waals surface area contributed by atoms with Gasteiger partial charge >= 0.3 is 0 Å². The van der Waals surface area contributed by atoms with E-state index in [0.717, 1.165) is 18.7 Å². The Balaban J connectivity index is 3.03. The average molecular weight is 301 g/mol. The highest BCUT2D eigenvalue weighted by molar-refractivity contribution is 7.89. The monoisotopic (exact) mass is 301 g/mol. The van der Waals surface area contributed by atoms with Gasteiger partial charge < -0.3 is 9.88 Å². The van der Waals surface area contributed by atoms with Crippen LogP contribution in [0.4, 0.5) is 0 Å². The van der Waals surface area contributed by atoms with E-state index in [-0.39, 0.29) is 0 Å². The molecule has 116 valence electrons. The number of sulfonamides is 1. The van der Waals surface area contributed by atoms with Crippen molar-refractivity contribution in [2.45, 2.75) is 45.2 Å².